The number of hydrogen-bond acceptors (Lipinski definition) is 8. The number of rotatable bonds is 8. The van der Waals surface area contributed by atoms with E-state index in [0.717, 1.165) is 28.0 Å². The average molecular weight is 514 g/mol. The van der Waals surface area contributed by atoms with Gasteiger partial charge in [-0.05, 0) is 47.0 Å². The quantitative estimate of drug-likeness (QED) is 0.315. The normalized spacial score (nSPS) is 11.6. The van der Waals surface area contributed by atoms with Crippen molar-refractivity contribution in [3.8, 4) is 17.2 Å². The van der Waals surface area contributed by atoms with Gasteiger partial charge >= 0.3 is 0 Å². The summed E-state index contributed by atoms with van der Waals surface area (Å²) in [6.45, 7) is 0.408. The molecule has 0 atom stereocenters. The summed E-state index contributed by atoms with van der Waals surface area (Å²) in [7, 11) is 3.16. The molecule has 0 aliphatic carbocycles. The summed E-state index contributed by atoms with van der Waals surface area (Å²) in [5.74, 6) is 1.86. The zero-order valence-electron chi connectivity index (χ0n) is 20.2. The predicted molar refractivity (Wildman–Crippen MR) is 142 cm³/mol. The minimum atomic E-state index is -0.454. The van der Waals surface area contributed by atoms with Crippen molar-refractivity contribution < 1.29 is 14.2 Å². The van der Waals surface area contributed by atoms with Crippen LogP contribution in [0.1, 0.15) is 22.4 Å². The fourth-order valence-electron chi connectivity index (χ4n) is 3.77. The summed E-state index contributed by atoms with van der Waals surface area (Å²) in [6, 6.07) is 22.6. The smallest absolute Gasteiger partial charge is 0.296 e. The van der Waals surface area contributed by atoms with Gasteiger partial charge in [0.1, 0.15) is 18.1 Å². The van der Waals surface area contributed by atoms with Gasteiger partial charge in [0.25, 0.3) is 11.1 Å². The van der Waals surface area contributed by atoms with Crippen molar-refractivity contribution in [2.45, 2.75) is 13.0 Å². The molecule has 0 radical (unpaired) electrons. The highest BCUT2D eigenvalue weighted by atomic mass is 32.1. The van der Waals surface area contributed by atoms with E-state index in [0.29, 0.717) is 28.4 Å². The third-order valence-electron chi connectivity index (χ3n) is 5.70. The first-order chi connectivity index (χ1) is 18.0. The lowest BCUT2D eigenvalue weighted by Gasteiger charge is -2.11. The van der Waals surface area contributed by atoms with Gasteiger partial charge in [-0.25, -0.2) is 0 Å². The molecule has 0 saturated carbocycles. The molecule has 9 heteroatoms. The summed E-state index contributed by atoms with van der Waals surface area (Å²) in [4.78, 5) is 30.0. The van der Waals surface area contributed by atoms with Gasteiger partial charge in [-0.15, -0.1) is 0 Å². The monoisotopic (exact) mass is 513 g/mol. The van der Waals surface area contributed by atoms with E-state index in [4.69, 9.17) is 14.2 Å². The van der Waals surface area contributed by atoms with Crippen molar-refractivity contribution >= 4 is 22.4 Å². The van der Waals surface area contributed by atoms with E-state index in [-0.39, 0.29) is 22.6 Å². The van der Waals surface area contributed by atoms with Crippen LogP contribution in [0.25, 0.3) is 11.0 Å². The summed E-state index contributed by atoms with van der Waals surface area (Å²) in [5, 5.41) is 4.32. The molecule has 37 heavy (non-hydrogen) atoms. The Hall–Kier alpha value is -4.50. The lowest BCUT2D eigenvalue weighted by atomic mass is 10.1. The van der Waals surface area contributed by atoms with Crippen LogP contribution < -0.4 is 29.9 Å². The number of hydrogen-bond donors (Lipinski definition) is 0. The van der Waals surface area contributed by atoms with Crippen molar-refractivity contribution in [3.05, 3.63) is 120 Å². The lowest BCUT2D eigenvalue weighted by molar-refractivity contribution is 0.284. The van der Waals surface area contributed by atoms with E-state index in [9.17, 15) is 9.59 Å². The number of nitrogens with zero attached hydrogens (tertiary/aromatic N) is 3. The molecule has 2 heterocycles. The number of methoxy groups -OCH3 is 2. The van der Waals surface area contributed by atoms with Crippen molar-refractivity contribution in [3.63, 3.8) is 0 Å². The highest BCUT2D eigenvalue weighted by molar-refractivity contribution is 7.15. The zero-order chi connectivity index (χ0) is 25.8. The molecule has 0 spiro atoms. The van der Waals surface area contributed by atoms with Crippen molar-refractivity contribution in [1.29, 1.82) is 0 Å². The van der Waals surface area contributed by atoms with E-state index in [1.807, 2.05) is 60.7 Å². The van der Waals surface area contributed by atoms with Gasteiger partial charge in [-0.3, -0.25) is 9.59 Å². The van der Waals surface area contributed by atoms with Crippen molar-refractivity contribution in [2.75, 3.05) is 14.2 Å². The highest BCUT2D eigenvalue weighted by Crippen LogP contribution is 2.29. The maximum absolute atomic E-state index is 13.1. The van der Waals surface area contributed by atoms with Gasteiger partial charge in [-0.2, -0.15) is 14.6 Å². The van der Waals surface area contributed by atoms with Gasteiger partial charge in [0, 0.05) is 6.42 Å². The van der Waals surface area contributed by atoms with E-state index in [2.05, 4.69) is 10.1 Å². The second-order valence-corrected chi connectivity index (χ2v) is 9.19. The molecule has 0 saturated heterocycles. The molecule has 0 aliphatic heterocycles. The molecule has 0 fully saturated rings. The summed E-state index contributed by atoms with van der Waals surface area (Å²) >= 11 is 1.11. The molecule has 0 amide bonds. The molecule has 3 aromatic carbocycles. The topological polar surface area (TPSA) is 92.0 Å². The number of fused-ring (bicyclic) bond motifs is 1. The Balaban J connectivity index is 1.43. The number of thiazole rings is 1. The fraction of sp³-hybridized carbons (Fsp3) is 0.143. The maximum Gasteiger partial charge on any atom is 0.296 e. The van der Waals surface area contributed by atoms with Crippen molar-refractivity contribution in [2.24, 2.45) is 0 Å². The molecule has 0 aliphatic rings. The van der Waals surface area contributed by atoms with Crippen LogP contribution in [0.5, 0.6) is 17.2 Å². The second kappa shape index (κ2) is 10.6. The Morgan fingerprint density at radius 1 is 0.892 bits per heavy atom. The first kappa shape index (κ1) is 24.2. The Bertz CT molecular complexity index is 1710. The molecule has 186 valence electrons. The molecular weight excluding hydrogens is 490 g/mol. The summed E-state index contributed by atoms with van der Waals surface area (Å²) in [5.41, 5.74) is 2.06. The molecule has 0 unspecified atom stereocenters. The molecular formula is C28H23N3O5S. The number of aromatic nitrogens is 3. The minimum Gasteiger partial charge on any atom is -0.497 e. The van der Waals surface area contributed by atoms with Crippen molar-refractivity contribution in [1.82, 2.24) is 14.6 Å². The van der Waals surface area contributed by atoms with Crippen LogP contribution in [0.15, 0.2) is 82.4 Å². The van der Waals surface area contributed by atoms with E-state index in [1.54, 1.807) is 32.4 Å². The van der Waals surface area contributed by atoms with Gasteiger partial charge < -0.3 is 14.2 Å². The van der Waals surface area contributed by atoms with Gasteiger partial charge in [0.15, 0.2) is 11.5 Å². The second-order valence-electron chi connectivity index (χ2n) is 8.18. The SMILES string of the molecule is COc1ccc(Cc2nn3c(=O)c(=Cc4ccc(OCc5ccccc5)c(OC)c4)sc3nc2=O)cc1. The van der Waals surface area contributed by atoms with Crippen LogP contribution in [0.2, 0.25) is 0 Å². The fourth-order valence-corrected chi connectivity index (χ4v) is 4.67. The number of benzene rings is 3. The molecule has 5 aromatic rings. The van der Waals surface area contributed by atoms with E-state index < -0.39 is 5.56 Å². The van der Waals surface area contributed by atoms with Crippen LogP contribution in [0, 0.1) is 0 Å². The average Bonchev–Trinajstić information content (AvgIpc) is 3.22. The Morgan fingerprint density at radius 2 is 1.68 bits per heavy atom. The van der Waals surface area contributed by atoms with E-state index >= 15 is 0 Å². The minimum absolute atomic E-state index is 0.200. The third-order valence-corrected chi connectivity index (χ3v) is 6.66. The molecule has 2 aromatic heterocycles. The highest BCUT2D eigenvalue weighted by Gasteiger charge is 2.12. The Labute approximate surface area is 216 Å². The van der Waals surface area contributed by atoms with Crippen LogP contribution >= 0.6 is 11.3 Å². The predicted octanol–water partition coefficient (Wildman–Crippen LogP) is 3.25. The zero-order valence-corrected chi connectivity index (χ0v) is 21.0. The van der Waals surface area contributed by atoms with E-state index in [1.165, 1.54) is 4.52 Å². The van der Waals surface area contributed by atoms with Crippen LogP contribution in [0.4, 0.5) is 0 Å². The van der Waals surface area contributed by atoms with Gasteiger partial charge in [-0.1, -0.05) is 59.9 Å². The van der Waals surface area contributed by atoms with Gasteiger partial charge in [0.2, 0.25) is 4.96 Å². The van der Waals surface area contributed by atoms with Crippen LogP contribution in [0.3, 0.4) is 0 Å². The molecule has 8 nitrogen and oxygen atoms in total. The number of ether oxygens (including phenoxy) is 3. The molecule has 0 bridgehead atoms. The lowest BCUT2D eigenvalue weighted by Crippen LogP contribution is -2.28. The Morgan fingerprint density at radius 3 is 2.41 bits per heavy atom. The first-order valence-corrected chi connectivity index (χ1v) is 12.3. The largest absolute Gasteiger partial charge is 0.497 e. The summed E-state index contributed by atoms with van der Waals surface area (Å²) < 4.78 is 18.2. The first-order valence-electron chi connectivity index (χ1n) is 11.5. The third kappa shape index (κ3) is 5.36. The molecule has 0 N–H and O–H groups in total. The standard InChI is InChI=1S/C28H23N3O5S/c1-34-21-11-8-18(9-12-21)14-22-26(32)29-28-31(30-22)27(33)25(37-28)16-20-10-13-23(24(15-20)35-2)36-17-19-6-4-3-5-7-19/h3-13,15-16H,14,17H2,1-2H3. The van der Waals surface area contributed by atoms with Gasteiger partial charge in [0.05, 0.1) is 18.8 Å². The molecule has 5 rings (SSSR count). The van der Waals surface area contributed by atoms with Crippen LogP contribution in [-0.2, 0) is 13.0 Å². The van der Waals surface area contributed by atoms with Crippen LogP contribution in [-0.4, -0.2) is 28.8 Å². The Kier molecular flexibility index (Phi) is 6.96. The summed E-state index contributed by atoms with van der Waals surface area (Å²) in [6.07, 6.45) is 1.98. The maximum atomic E-state index is 13.1.